The second-order valence-corrected chi connectivity index (χ2v) is 6.00. The normalized spacial score (nSPS) is 11.8. The molecule has 0 amide bonds. The van der Waals surface area contributed by atoms with Crippen LogP contribution in [0.1, 0.15) is 18.1 Å². The van der Waals surface area contributed by atoms with Crippen LogP contribution in [0.25, 0.3) is 21.9 Å². The topological polar surface area (TPSA) is 88.3 Å². The van der Waals surface area contributed by atoms with Crippen molar-refractivity contribution in [2.24, 2.45) is 10.2 Å². The molecule has 0 aliphatic carbocycles. The van der Waals surface area contributed by atoms with Gasteiger partial charge in [-0.05, 0) is 42.7 Å². The van der Waals surface area contributed by atoms with Crippen molar-refractivity contribution in [3.63, 3.8) is 0 Å². The summed E-state index contributed by atoms with van der Waals surface area (Å²) in [6.45, 7) is 3.84. The molecule has 0 aliphatic heterocycles. The van der Waals surface area contributed by atoms with Crippen molar-refractivity contribution in [3.05, 3.63) is 64.0 Å². The van der Waals surface area contributed by atoms with E-state index in [4.69, 9.17) is 8.83 Å². The van der Waals surface area contributed by atoms with Crippen molar-refractivity contribution in [1.29, 1.82) is 0 Å². The van der Waals surface area contributed by atoms with E-state index in [1.54, 1.807) is 12.1 Å². The van der Waals surface area contributed by atoms with Crippen LogP contribution in [0.4, 0.5) is 11.6 Å². The lowest BCUT2D eigenvalue weighted by molar-refractivity contribution is 0.467. The van der Waals surface area contributed by atoms with E-state index in [9.17, 15) is 9.90 Å². The largest absolute Gasteiger partial charge is 0.502 e. The van der Waals surface area contributed by atoms with Crippen molar-refractivity contribution in [1.82, 2.24) is 0 Å². The van der Waals surface area contributed by atoms with Gasteiger partial charge >= 0.3 is 5.63 Å². The van der Waals surface area contributed by atoms with Crippen molar-refractivity contribution in [2.45, 2.75) is 20.3 Å². The molecule has 2 heterocycles. The number of fused-ring (bicyclic) bond motifs is 3. The Kier molecular flexibility index (Phi) is 3.80. The van der Waals surface area contributed by atoms with Gasteiger partial charge in [-0.25, -0.2) is 4.79 Å². The van der Waals surface area contributed by atoms with Crippen LogP contribution in [0.5, 0.6) is 5.75 Å². The van der Waals surface area contributed by atoms with E-state index in [1.165, 1.54) is 6.07 Å². The monoisotopic (exact) mass is 348 g/mol. The van der Waals surface area contributed by atoms with Crippen molar-refractivity contribution < 1.29 is 13.9 Å². The van der Waals surface area contributed by atoms with Gasteiger partial charge < -0.3 is 13.9 Å². The van der Waals surface area contributed by atoms with Crippen LogP contribution in [-0.4, -0.2) is 5.11 Å². The Morgan fingerprint density at radius 1 is 1.08 bits per heavy atom. The quantitative estimate of drug-likeness (QED) is 0.389. The minimum atomic E-state index is -0.483. The van der Waals surface area contributed by atoms with Gasteiger partial charge in [0.1, 0.15) is 11.0 Å². The van der Waals surface area contributed by atoms with Crippen LogP contribution in [0.3, 0.4) is 0 Å². The molecule has 26 heavy (non-hydrogen) atoms. The van der Waals surface area contributed by atoms with E-state index in [1.807, 2.05) is 38.1 Å². The Balaban J connectivity index is 1.90. The van der Waals surface area contributed by atoms with E-state index in [0.29, 0.717) is 16.7 Å². The highest BCUT2D eigenvalue weighted by molar-refractivity contribution is 6.08. The second-order valence-electron chi connectivity index (χ2n) is 6.00. The summed E-state index contributed by atoms with van der Waals surface area (Å²) >= 11 is 0. The SMILES string of the molecule is CCc1ccccc1N=Nc1oc2ccc3c(C)cc(=O)oc3c2c1O. The lowest BCUT2D eigenvalue weighted by atomic mass is 10.1. The van der Waals surface area contributed by atoms with Crippen LogP contribution in [0, 0.1) is 6.92 Å². The highest BCUT2D eigenvalue weighted by Gasteiger charge is 2.19. The third kappa shape index (κ3) is 2.56. The molecule has 0 saturated heterocycles. The molecule has 0 spiro atoms. The van der Waals surface area contributed by atoms with Crippen LogP contribution in [0.2, 0.25) is 0 Å². The summed E-state index contributed by atoms with van der Waals surface area (Å²) in [6, 6.07) is 12.5. The number of azo groups is 1. The van der Waals surface area contributed by atoms with Gasteiger partial charge in [0.05, 0.1) is 5.69 Å². The Morgan fingerprint density at radius 3 is 2.69 bits per heavy atom. The van der Waals surface area contributed by atoms with Gasteiger partial charge in [0.25, 0.3) is 5.88 Å². The number of aryl methyl sites for hydroxylation is 2. The van der Waals surface area contributed by atoms with E-state index in [2.05, 4.69) is 10.2 Å². The van der Waals surface area contributed by atoms with Gasteiger partial charge in [0, 0.05) is 11.5 Å². The predicted octanol–water partition coefficient (Wildman–Crippen LogP) is 5.53. The molecular formula is C20H16N2O4. The molecule has 0 fully saturated rings. The van der Waals surface area contributed by atoms with Gasteiger partial charge in [0.2, 0.25) is 0 Å². The van der Waals surface area contributed by atoms with Crippen LogP contribution >= 0.6 is 0 Å². The van der Waals surface area contributed by atoms with E-state index >= 15 is 0 Å². The fraction of sp³-hybridized carbons (Fsp3) is 0.150. The molecular weight excluding hydrogens is 332 g/mol. The molecule has 0 aliphatic rings. The van der Waals surface area contributed by atoms with Gasteiger partial charge in [-0.1, -0.05) is 25.1 Å². The molecule has 4 rings (SSSR count). The molecule has 0 radical (unpaired) electrons. The van der Waals surface area contributed by atoms with Gasteiger partial charge in [-0.3, -0.25) is 0 Å². The average Bonchev–Trinajstić information content (AvgIpc) is 2.96. The number of aromatic hydroxyl groups is 1. The highest BCUT2D eigenvalue weighted by atomic mass is 16.4. The molecule has 0 atom stereocenters. The van der Waals surface area contributed by atoms with Crippen molar-refractivity contribution in [3.8, 4) is 5.75 Å². The molecule has 1 N–H and O–H groups in total. The van der Waals surface area contributed by atoms with Gasteiger partial charge in [-0.15, -0.1) is 10.2 Å². The molecule has 6 nitrogen and oxygen atoms in total. The maximum absolute atomic E-state index is 11.7. The molecule has 2 aromatic heterocycles. The van der Waals surface area contributed by atoms with Crippen LogP contribution in [0.15, 0.2) is 66.3 Å². The summed E-state index contributed by atoms with van der Waals surface area (Å²) in [4.78, 5) is 11.7. The first-order valence-electron chi connectivity index (χ1n) is 8.27. The highest BCUT2D eigenvalue weighted by Crippen LogP contribution is 2.42. The summed E-state index contributed by atoms with van der Waals surface area (Å²) in [6.07, 6.45) is 0.816. The van der Waals surface area contributed by atoms with Crippen molar-refractivity contribution in [2.75, 3.05) is 0 Å². The third-order valence-electron chi connectivity index (χ3n) is 4.35. The Labute approximate surface area is 148 Å². The first kappa shape index (κ1) is 16.1. The van der Waals surface area contributed by atoms with E-state index in [-0.39, 0.29) is 17.2 Å². The molecule has 4 aromatic rings. The molecule has 0 bridgehead atoms. The predicted molar refractivity (Wildman–Crippen MR) is 98.7 cm³/mol. The summed E-state index contributed by atoms with van der Waals surface area (Å²) < 4.78 is 10.9. The minimum absolute atomic E-state index is 0.0254. The number of hydrogen-bond donors (Lipinski definition) is 1. The molecule has 130 valence electrons. The number of furan rings is 1. The number of benzene rings is 2. The van der Waals surface area contributed by atoms with Crippen LogP contribution in [-0.2, 0) is 6.42 Å². The Hall–Kier alpha value is -3.41. The zero-order valence-corrected chi connectivity index (χ0v) is 14.3. The maximum Gasteiger partial charge on any atom is 0.336 e. The van der Waals surface area contributed by atoms with E-state index < -0.39 is 5.63 Å². The fourth-order valence-electron chi connectivity index (χ4n) is 3.01. The second kappa shape index (κ2) is 6.15. The lowest BCUT2D eigenvalue weighted by Gasteiger charge is -2.00. The summed E-state index contributed by atoms with van der Waals surface area (Å²) in [7, 11) is 0. The lowest BCUT2D eigenvalue weighted by Crippen LogP contribution is -1.97. The first-order valence-corrected chi connectivity index (χ1v) is 8.27. The Morgan fingerprint density at radius 2 is 1.88 bits per heavy atom. The number of nitrogens with zero attached hydrogens (tertiary/aromatic N) is 2. The molecule has 6 heteroatoms. The smallest absolute Gasteiger partial charge is 0.336 e. The number of rotatable bonds is 3. The standard InChI is InChI=1S/C20H16N2O4/c1-3-12-6-4-5-7-14(12)21-22-20-18(24)17-15(25-20)9-8-13-11(2)10-16(23)26-19(13)17/h4-10,24H,3H2,1-2H3. The van der Waals surface area contributed by atoms with Crippen molar-refractivity contribution >= 4 is 33.5 Å². The zero-order valence-electron chi connectivity index (χ0n) is 14.3. The summed E-state index contributed by atoms with van der Waals surface area (Å²) in [5.41, 5.74) is 2.69. The number of hydrogen-bond acceptors (Lipinski definition) is 6. The summed E-state index contributed by atoms with van der Waals surface area (Å²) in [5.74, 6) is -0.223. The van der Waals surface area contributed by atoms with E-state index in [0.717, 1.165) is 22.9 Å². The average molecular weight is 348 g/mol. The molecule has 2 aromatic carbocycles. The van der Waals surface area contributed by atoms with Gasteiger partial charge in [-0.2, -0.15) is 0 Å². The Bertz CT molecular complexity index is 1220. The minimum Gasteiger partial charge on any atom is -0.502 e. The maximum atomic E-state index is 11.7. The molecule has 0 saturated carbocycles. The zero-order chi connectivity index (χ0) is 18.3. The van der Waals surface area contributed by atoms with Gasteiger partial charge in [0.15, 0.2) is 11.3 Å². The van der Waals surface area contributed by atoms with Crippen LogP contribution < -0.4 is 5.63 Å². The first-order chi connectivity index (χ1) is 12.6. The third-order valence-corrected chi connectivity index (χ3v) is 4.35. The fourth-order valence-corrected chi connectivity index (χ4v) is 3.01. The molecule has 0 unspecified atom stereocenters. The summed E-state index contributed by atoms with van der Waals surface area (Å²) in [5, 5.41) is 19.9.